The molecule has 0 heterocycles. The lowest BCUT2D eigenvalue weighted by Crippen LogP contribution is -2.13. The summed E-state index contributed by atoms with van der Waals surface area (Å²) in [6, 6.07) is 14.3. The smallest absolute Gasteiger partial charge is 0.0598 e. The number of halogens is 2. The highest BCUT2D eigenvalue weighted by Gasteiger charge is 2.10. The molecule has 18 heavy (non-hydrogen) atoms. The molecule has 2 rings (SSSR count). The molecule has 1 N–H and O–H groups in total. The van der Waals surface area contributed by atoms with Crippen LogP contribution in [-0.4, -0.2) is 7.05 Å². The zero-order valence-corrected chi connectivity index (χ0v) is 11.9. The van der Waals surface area contributed by atoms with Gasteiger partial charge in [-0.15, -0.1) is 0 Å². The zero-order valence-electron chi connectivity index (χ0n) is 10.4. The van der Waals surface area contributed by atoms with Crippen molar-refractivity contribution in [2.24, 2.45) is 0 Å². The molecule has 0 spiro atoms. The van der Waals surface area contributed by atoms with Crippen LogP contribution in [0.5, 0.6) is 0 Å². The van der Waals surface area contributed by atoms with E-state index in [0.29, 0.717) is 10.0 Å². The highest BCUT2D eigenvalue weighted by atomic mass is 35.5. The van der Waals surface area contributed by atoms with E-state index in [0.717, 1.165) is 5.56 Å². The Bertz CT molecular complexity index is 552. The topological polar surface area (TPSA) is 12.0 Å². The van der Waals surface area contributed by atoms with Crippen LogP contribution in [0, 0.1) is 0 Å². The lowest BCUT2D eigenvalue weighted by Gasteiger charge is -2.16. The first-order valence-corrected chi connectivity index (χ1v) is 6.60. The average Bonchev–Trinajstić information content (AvgIpc) is 2.41. The SMILES string of the molecule is CNC(C)c1ccccc1-c1ccc(Cl)c(Cl)c1. The van der Waals surface area contributed by atoms with Crippen molar-refractivity contribution in [1.82, 2.24) is 5.32 Å². The molecule has 0 fully saturated rings. The number of hydrogen-bond acceptors (Lipinski definition) is 1. The van der Waals surface area contributed by atoms with Crippen LogP contribution in [0.3, 0.4) is 0 Å². The molecule has 1 nitrogen and oxygen atoms in total. The molecular formula is C15H15Cl2N. The van der Waals surface area contributed by atoms with Gasteiger partial charge in [0.1, 0.15) is 0 Å². The largest absolute Gasteiger partial charge is 0.313 e. The van der Waals surface area contributed by atoms with Crippen molar-refractivity contribution in [3.8, 4) is 11.1 Å². The van der Waals surface area contributed by atoms with Crippen LogP contribution >= 0.6 is 23.2 Å². The lowest BCUT2D eigenvalue weighted by molar-refractivity contribution is 0.654. The van der Waals surface area contributed by atoms with Gasteiger partial charge in [-0.3, -0.25) is 0 Å². The Morgan fingerprint density at radius 1 is 1.00 bits per heavy atom. The summed E-state index contributed by atoms with van der Waals surface area (Å²) in [6.07, 6.45) is 0. The fraction of sp³-hybridized carbons (Fsp3) is 0.200. The van der Waals surface area contributed by atoms with E-state index in [1.165, 1.54) is 11.1 Å². The Labute approximate surface area is 118 Å². The molecule has 3 heteroatoms. The van der Waals surface area contributed by atoms with Crippen molar-refractivity contribution in [2.45, 2.75) is 13.0 Å². The van der Waals surface area contributed by atoms with Crippen LogP contribution in [0.1, 0.15) is 18.5 Å². The predicted octanol–water partition coefficient (Wildman–Crippen LogP) is 4.94. The van der Waals surface area contributed by atoms with Crippen LogP contribution in [-0.2, 0) is 0 Å². The molecule has 0 bridgehead atoms. The van der Waals surface area contributed by atoms with Crippen molar-refractivity contribution < 1.29 is 0 Å². The Morgan fingerprint density at radius 3 is 2.39 bits per heavy atom. The number of rotatable bonds is 3. The molecule has 1 atom stereocenters. The van der Waals surface area contributed by atoms with Gasteiger partial charge in [0.2, 0.25) is 0 Å². The summed E-state index contributed by atoms with van der Waals surface area (Å²) >= 11 is 12.0. The standard InChI is InChI=1S/C15H15Cl2N/c1-10(18-2)12-5-3-4-6-13(12)11-7-8-14(16)15(17)9-11/h3-10,18H,1-2H3. The minimum absolute atomic E-state index is 0.288. The Kier molecular flexibility index (Phi) is 4.28. The maximum Gasteiger partial charge on any atom is 0.0598 e. The van der Waals surface area contributed by atoms with Crippen molar-refractivity contribution >= 4 is 23.2 Å². The van der Waals surface area contributed by atoms with Gasteiger partial charge in [-0.2, -0.15) is 0 Å². The van der Waals surface area contributed by atoms with Gasteiger partial charge in [0, 0.05) is 6.04 Å². The van der Waals surface area contributed by atoms with E-state index >= 15 is 0 Å². The van der Waals surface area contributed by atoms with Crippen LogP contribution < -0.4 is 5.32 Å². The fourth-order valence-electron chi connectivity index (χ4n) is 1.96. The molecule has 0 aromatic heterocycles. The second-order valence-electron chi connectivity index (χ2n) is 4.23. The monoisotopic (exact) mass is 279 g/mol. The van der Waals surface area contributed by atoms with Crippen LogP contribution in [0.15, 0.2) is 42.5 Å². The maximum absolute atomic E-state index is 6.08. The molecule has 2 aromatic carbocycles. The molecule has 1 unspecified atom stereocenters. The molecule has 94 valence electrons. The molecular weight excluding hydrogens is 265 g/mol. The fourth-order valence-corrected chi connectivity index (χ4v) is 2.25. The summed E-state index contributed by atoms with van der Waals surface area (Å²) in [7, 11) is 1.95. The Morgan fingerprint density at radius 2 is 1.72 bits per heavy atom. The van der Waals surface area contributed by atoms with Gasteiger partial charge in [0.05, 0.1) is 10.0 Å². The average molecular weight is 280 g/mol. The number of nitrogens with one attached hydrogen (secondary N) is 1. The first-order valence-electron chi connectivity index (χ1n) is 5.85. The van der Waals surface area contributed by atoms with Crippen molar-refractivity contribution in [3.05, 3.63) is 58.1 Å². The molecule has 0 aliphatic heterocycles. The van der Waals surface area contributed by atoms with E-state index in [-0.39, 0.29) is 6.04 Å². The van der Waals surface area contributed by atoms with Crippen LogP contribution in [0.25, 0.3) is 11.1 Å². The van der Waals surface area contributed by atoms with Crippen molar-refractivity contribution in [1.29, 1.82) is 0 Å². The summed E-state index contributed by atoms with van der Waals surface area (Å²) in [5.74, 6) is 0. The third kappa shape index (κ3) is 2.69. The van der Waals surface area contributed by atoms with E-state index in [1.54, 1.807) is 0 Å². The maximum atomic E-state index is 6.08. The highest BCUT2D eigenvalue weighted by molar-refractivity contribution is 6.42. The van der Waals surface area contributed by atoms with Gasteiger partial charge in [-0.1, -0.05) is 53.5 Å². The van der Waals surface area contributed by atoms with Crippen LogP contribution in [0.4, 0.5) is 0 Å². The summed E-state index contributed by atoms with van der Waals surface area (Å²) in [4.78, 5) is 0. The van der Waals surface area contributed by atoms with Gasteiger partial charge >= 0.3 is 0 Å². The predicted molar refractivity (Wildman–Crippen MR) is 79.4 cm³/mol. The third-order valence-corrected chi connectivity index (χ3v) is 3.83. The summed E-state index contributed by atoms with van der Waals surface area (Å²) < 4.78 is 0. The summed E-state index contributed by atoms with van der Waals surface area (Å²) in [5, 5.41) is 4.43. The first-order chi connectivity index (χ1) is 8.63. The number of benzene rings is 2. The van der Waals surface area contributed by atoms with Gasteiger partial charge < -0.3 is 5.32 Å². The molecule has 0 radical (unpaired) electrons. The van der Waals surface area contributed by atoms with E-state index in [4.69, 9.17) is 23.2 Å². The molecule has 2 aromatic rings. The second-order valence-corrected chi connectivity index (χ2v) is 5.04. The van der Waals surface area contributed by atoms with Gasteiger partial charge in [0.15, 0.2) is 0 Å². The number of hydrogen-bond donors (Lipinski definition) is 1. The summed E-state index contributed by atoms with van der Waals surface area (Å²) in [5.41, 5.74) is 3.51. The molecule has 0 aliphatic carbocycles. The normalized spacial score (nSPS) is 12.4. The van der Waals surface area contributed by atoms with Crippen LogP contribution in [0.2, 0.25) is 10.0 Å². The molecule has 0 aliphatic rings. The molecule has 0 amide bonds. The first kappa shape index (κ1) is 13.4. The van der Waals surface area contributed by atoms with Gasteiger partial charge in [-0.25, -0.2) is 0 Å². The Balaban J connectivity index is 2.53. The second kappa shape index (κ2) is 5.75. The zero-order chi connectivity index (χ0) is 13.1. The van der Waals surface area contributed by atoms with E-state index in [1.807, 2.05) is 37.4 Å². The molecule has 0 saturated carbocycles. The highest BCUT2D eigenvalue weighted by Crippen LogP contribution is 2.32. The van der Waals surface area contributed by atoms with Gasteiger partial charge in [-0.05, 0) is 42.8 Å². The van der Waals surface area contributed by atoms with Crippen molar-refractivity contribution in [3.63, 3.8) is 0 Å². The minimum Gasteiger partial charge on any atom is -0.313 e. The lowest BCUT2D eigenvalue weighted by atomic mass is 9.96. The van der Waals surface area contributed by atoms with E-state index in [9.17, 15) is 0 Å². The van der Waals surface area contributed by atoms with Crippen molar-refractivity contribution in [2.75, 3.05) is 7.05 Å². The third-order valence-electron chi connectivity index (χ3n) is 3.09. The van der Waals surface area contributed by atoms with Gasteiger partial charge in [0.25, 0.3) is 0 Å². The quantitative estimate of drug-likeness (QED) is 0.839. The molecule has 0 saturated heterocycles. The minimum atomic E-state index is 0.288. The van der Waals surface area contributed by atoms with E-state index < -0.39 is 0 Å². The Hall–Kier alpha value is -1.02. The summed E-state index contributed by atoms with van der Waals surface area (Å²) in [6.45, 7) is 2.14. The van der Waals surface area contributed by atoms with E-state index in [2.05, 4.69) is 24.4 Å².